The molecule has 0 aliphatic heterocycles. The fourth-order valence-electron chi connectivity index (χ4n) is 1.02. The van der Waals surface area contributed by atoms with E-state index in [0.717, 1.165) is 12.1 Å². The predicted molar refractivity (Wildman–Crippen MR) is 47.3 cm³/mol. The molecule has 0 saturated carbocycles. The summed E-state index contributed by atoms with van der Waals surface area (Å²) in [7, 11) is 0. The van der Waals surface area contributed by atoms with Gasteiger partial charge >= 0.3 is 6.18 Å². The Bertz CT molecular complexity index is 372. The Hall–Kier alpha value is -1.17. The summed E-state index contributed by atoms with van der Waals surface area (Å²) in [6.07, 6.45) is -4.79. The molecule has 1 nitrogen and oxygen atoms in total. The summed E-state index contributed by atoms with van der Waals surface area (Å²) in [4.78, 5) is -0.475. The van der Waals surface area contributed by atoms with Gasteiger partial charge in [-0.3, -0.25) is 0 Å². The highest BCUT2D eigenvalue weighted by Crippen LogP contribution is 2.33. The normalized spacial score (nSPS) is 11.4. The zero-order chi connectivity index (χ0) is 10.9. The summed E-state index contributed by atoms with van der Waals surface area (Å²) < 4.78 is 49.8. The predicted octanol–water partition coefficient (Wildman–Crippen LogP) is 2.48. The van der Waals surface area contributed by atoms with Crippen molar-refractivity contribution in [3.05, 3.63) is 35.1 Å². The fourth-order valence-corrected chi connectivity index (χ4v) is 1.19. The zero-order valence-electron chi connectivity index (χ0n) is 6.73. The molecule has 6 heteroatoms. The summed E-state index contributed by atoms with van der Waals surface area (Å²) in [5, 5.41) is 0. The van der Waals surface area contributed by atoms with Crippen LogP contribution in [0.5, 0.6) is 0 Å². The minimum atomic E-state index is -4.79. The number of rotatable bonds is 1. The summed E-state index contributed by atoms with van der Waals surface area (Å²) >= 11 is 4.39. The van der Waals surface area contributed by atoms with Crippen molar-refractivity contribution < 1.29 is 17.6 Å². The van der Waals surface area contributed by atoms with Gasteiger partial charge in [-0.25, -0.2) is 4.39 Å². The summed E-state index contributed by atoms with van der Waals surface area (Å²) in [6.45, 7) is 0. The van der Waals surface area contributed by atoms with Crippen molar-refractivity contribution in [2.75, 3.05) is 0 Å². The molecule has 1 aromatic carbocycles. The van der Waals surface area contributed by atoms with Crippen LogP contribution in [0.4, 0.5) is 17.6 Å². The van der Waals surface area contributed by atoms with E-state index in [1.807, 2.05) is 0 Å². The molecule has 2 N–H and O–H groups in total. The second-order valence-electron chi connectivity index (χ2n) is 2.52. The van der Waals surface area contributed by atoms with Crippen molar-refractivity contribution in [2.24, 2.45) is 5.73 Å². The number of benzene rings is 1. The van der Waals surface area contributed by atoms with Crippen molar-refractivity contribution in [3.63, 3.8) is 0 Å². The molecule has 0 saturated heterocycles. The highest BCUT2D eigenvalue weighted by molar-refractivity contribution is 7.80. The monoisotopic (exact) mass is 223 g/mol. The van der Waals surface area contributed by atoms with Crippen molar-refractivity contribution in [1.29, 1.82) is 0 Å². The third-order valence-corrected chi connectivity index (χ3v) is 1.78. The summed E-state index contributed by atoms with van der Waals surface area (Å²) in [5.41, 5.74) is 3.14. The molecule has 76 valence electrons. The molecule has 0 radical (unpaired) electrons. The minimum Gasteiger partial charge on any atom is -0.389 e. The number of nitrogens with two attached hydrogens (primary N) is 1. The maximum absolute atomic E-state index is 12.9. The highest BCUT2D eigenvalue weighted by atomic mass is 32.1. The van der Waals surface area contributed by atoms with Gasteiger partial charge in [0.15, 0.2) is 0 Å². The molecule has 1 aromatic rings. The van der Waals surface area contributed by atoms with Gasteiger partial charge in [-0.15, -0.1) is 0 Å². The first-order valence-corrected chi connectivity index (χ1v) is 3.90. The van der Waals surface area contributed by atoms with E-state index in [4.69, 9.17) is 5.73 Å². The van der Waals surface area contributed by atoms with E-state index in [1.165, 1.54) is 0 Å². The second-order valence-corrected chi connectivity index (χ2v) is 2.96. The van der Waals surface area contributed by atoms with Gasteiger partial charge in [-0.05, 0) is 6.07 Å². The highest BCUT2D eigenvalue weighted by Gasteiger charge is 2.37. The number of thiocarbonyl (C=S) groups is 1. The average Bonchev–Trinajstić information content (AvgIpc) is 2.01. The lowest BCUT2D eigenvalue weighted by molar-refractivity contribution is -0.140. The van der Waals surface area contributed by atoms with Crippen LogP contribution in [0.3, 0.4) is 0 Å². The number of alkyl halides is 3. The number of halogens is 4. The molecule has 0 aliphatic carbocycles. The van der Waals surface area contributed by atoms with Crippen molar-refractivity contribution in [1.82, 2.24) is 0 Å². The van der Waals surface area contributed by atoms with E-state index in [9.17, 15) is 17.6 Å². The lowest BCUT2D eigenvalue weighted by Crippen LogP contribution is -2.19. The second kappa shape index (κ2) is 3.53. The van der Waals surface area contributed by atoms with Crippen LogP contribution in [0, 0.1) is 5.82 Å². The summed E-state index contributed by atoms with van der Waals surface area (Å²) in [6, 6.07) is 2.87. The molecule has 1 rings (SSSR count). The molecule has 0 amide bonds. The van der Waals surface area contributed by atoms with E-state index < -0.39 is 28.1 Å². The van der Waals surface area contributed by atoms with Gasteiger partial charge in [0.1, 0.15) is 16.4 Å². The van der Waals surface area contributed by atoms with Crippen LogP contribution in [0.25, 0.3) is 0 Å². The molecule has 0 heterocycles. The Morgan fingerprint density at radius 3 is 2.21 bits per heavy atom. The van der Waals surface area contributed by atoms with Crippen LogP contribution in [0.1, 0.15) is 11.1 Å². The molecule has 0 bridgehead atoms. The lowest BCUT2D eigenvalue weighted by Gasteiger charge is -2.12. The van der Waals surface area contributed by atoms with Crippen LogP contribution in [-0.2, 0) is 6.18 Å². The Morgan fingerprint density at radius 2 is 1.86 bits per heavy atom. The lowest BCUT2D eigenvalue weighted by atomic mass is 10.1. The number of hydrogen-bond donors (Lipinski definition) is 1. The summed E-state index contributed by atoms with van der Waals surface area (Å²) in [5.74, 6) is -1.37. The quantitative estimate of drug-likeness (QED) is 0.584. The smallest absolute Gasteiger partial charge is 0.389 e. The molecule has 0 aromatic heterocycles. The van der Waals surface area contributed by atoms with Crippen LogP contribution in [0.15, 0.2) is 18.2 Å². The molecule has 0 spiro atoms. The topological polar surface area (TPSA) is 26.0 Å². The van der Waals surface area contributed by atoms with Crippen LogP contribution >= 0.6 is 12.2 Å². The maximum Gasteiger partial charge on any atom is 0.419 e. The first-order valence-electron chi connectivity index (χ1n) is 3.49. The van der Waals surface area contributed by atoms with Crippen LogP contribution < -0.4 is 5.73 Å². The molecular weight excluding hydrogens is 218 g/mol. The van der Waals surface area contributed by atoms with E-state index in [1.54, 1.807) is 0 Å². The van der Waals surface area contributed by atoms with Gasteiger partial charge in [0, 0.05) is 5.56 Å². The van der Waals surface area contributed by atoms with Crippen LogP contribution in [0.2, 0.25) is 0 Å². The van der Waals surface area contributed by atoms with Crippen LogP contribution in [-0.4, -0.2) is 4.99 Å². The maximum atomic E-state index is 12.9. The first kappa shape index (κ1) is 10.9. The van der Waals surface area contributed by atoms with Gasteiger partial charge < -0.3 is 5.73 Å². The number of hydrogen-bond acceptors (Lipinski definition) is 1. The molecule has 0 fully saturated rings. The van der Waals surface area contributed by atoms with Crippen molar-refractivity contribution >= 4 is 17.2 Å². The molecular formula is C8H5F4NS. The third kappa shape index (κ3) is 2.01. The Morgan fingerprint density at radius 1 is 1.29 bits per heavy atom. The van der Waals surface area contributed by atoms with E-state index in [-0.39, 0.29) is 0 Å². The van der Waals surface area contributed by atoms with Gasteiger partial charge in [-0.1, -0.05) is 24.4 Å². The fraction of sp³-hybridized carbons (Fsp3) is 0.125. The van der Waals surface area contributed by atoms with Gasteiger partial charge in [0.25, 0.3) is 0 Å². The van der Waals surface area contributed by atoms with E-state index in [0.29, 0.717) is 6.07 Å². The average molecular weight is 223 g/mol. The van der Waals surface area contributed by atoms with E-state index in [2.05, 4.69) is 12.2 Å². The third-order valence-electron chi connectivity index (χ3n) is 1.56. The largest absolute Gasteiger partial charge is 0.419 e. The van der Waals surface area contributed by atoms with Gasteiger partial charge in [-0.2, -0.15) is 13.2 Å². The Kier molecular flexibility index (Phi) is 2.75. The zero-order valence-corrected chi connectivity index (χ0v) is 7.55. The van der Waals surface area contributed by atoms with E-state index >= 15 is 0 Å². The van der Waals surface area contributed by atoms with Crippen molar-refractivity contribution in [3.8, 4) is 0 Å². The SMILES string of the molecule is NC(=S)c1cccc(F)c1C(F)(F)F. The first-order chi connectivity index (χ1) is 6.34. The standard InChI is InChI=1S/C8H5F4NS/c9-5-3-1-2-4(7(13)14)6(5)8(10,11)12/h1-3H,(H2,13,14). The molecule has 0 aliphatic rings. The van der Waals surface area contributed by atoms with Gasteiger partial charge in [0.2, 0.25) is 0 Å². The minimum absolute atomic E-state index is 0.475. The van der Waals surface area contributed by atoms with Crippen molar-refractivity contribution in [2.45, 2.75) is 6.18 Å². The van der Waals surface area contributed by atoms with Gasteiger partial charge in [0.05, 0.1) is 0 Å². The Labute approximate surface area is 82.5 Å². The molecule has 0 unspecified atom stereocenters. The Balaban J connectivity index is 3.45. The molecule has 14 heavy (non-hydrogen) atoms. The molecule has 0 atom stereocenters.